The molecule has 7 heteroatoms. The number of anilines is 1. The predicted molar refractivity (Wildman–Crippen MR) is 80.9 cm³/mol. The molecule has 0 bridgehead atoms. The molecule has 1 aromatic carbocycles. The summed E-state index contributed by atoms with van der Waals surface area (Å²) < 4.78 is 20.7. The number of nitrogens with zero attached hydrogens (tertiary/aromatic N) is 2. The molecule has 2 aromatic rings. The highest BCUT2D eigenvalue weighted by molar-refractivity contribution is 9.10. The Balaban J connectivity index is 2.26. The van der Waals surface area contributed by atoms with Crippen LogP contribution < -0.4 is 10.1 Å². The fraction of sp³-hybridized carbons (Fsp3) is 0.308. The van der Waals surface area contributed by atoms with Gasteiger partial charge >= 0.3 is 0 Å². The van der Waals surface area contributed by atoms with Gasteiger partial charge in [0.05, 0.1) is 29.1 Å². The number of methoxy groups -OCH3 is 1. The van der Waals surface area contributed by atoms with E-state index in [2.05, 4.69) is 26.3 Å². The highest BCUT2D eigenvalue weighted by Gasteiger charge is 2.15. The fourth-order valence-electron chi connectivity index (χ4n) is 2.03. The third kappa shape index (κ3) is 2.91. The lowest BCUT2D eigenvalue weighted by Gasteiger charge is -2.11. The molecule has 1 N–H and O–H groups in total. The molecule has 0 fully saturated rings. The van der Waals surface area contributed by atoms with E-state index in [1.807, 2.05) is 14.0 Å². The summed E-state index contributed by atoms with van der Waals surface area (Å²) in [4.78, 5) is 0. The lowest BCUT2D eigenvalue weighted by molar-refractivity contribution is 0.370. The van der Waals surface area contributed by atoms with Crippen LogP contribution >= 0.6 is 27.5 Å². The molecular formula is C13H14BrClFN3O. The number of benzene rings is 1. The number of hydrogen-bond acceptors (Lipinski definition) is 3. The molecule has 20 heavy (non-hydrogen) atoms. The van der Waals surface area contributed by atoms with Crippen molar-refractivity contribution in [3.8, 4) is 5.88 Å². The zero-order chi connectivity index (χ0) is 14.9. The Morgan fingerprint density at radius 3 is 2.80 bits per heavy atom. The number of nitrogens with one attached hydrogen (secondary N) is 1. The second-order valence-electron chi connectivity index (χ2n) is 4.29. The Kier molecular flexibility index (Phi) is 4.55. The minimum Gasteiger partial charge on any atom is -0.481 e. The topological polar surface area (TPSA) is 39.1 Å². The minimum absolute atomic E-state index is 0.317. The van der Waals surface area contributed by atoms with E-state index >= 15 is 0 Å². The average molecular weight is 363 g/mol. The van der Waals surface area contributed by atoms with Crippen molar-refractivity contribution in [3.05, 3.63) is 38.7 Å². The fourth-order valence-corrected chi connectivity index (χ4v) is 2.99. The first-order valence-corrected chi connectivity index (χ1v) is 7.06. The van der Waals surface area contributed by atoms with Crippen molar-refractivity contribution in [1.82, 2.24) is 9.78 Å². The van der Waals surface area contributed by atoms with Gasteiger partial charge in [-0.05, 0) is 35.0 Å². The van der Waals surface area contributed by atoms with Crippen molar-refractivity contribution in [2.75, 3.05) is 12.4 Å². The molecule has 0 aliphatic carbocycles. The van der Waals surface area contributed by atoms with Crippen LogP contribution in [-0.2, 0) is 13.6 Å². The SMILES string of the molecule is COc1c(CNc2c(Cl)cc(F)cc2Br)c(C)nn1C. The summed E-state index contributed by atoms with van der Waals surface area (Å²) >= 11 is 9.33. The molecule has 0 atom stereocenters. The quantitative estimate of drug-likeness (QED) is 0.896. The maximum absolute atomic E-state index is 13.2. The molecule has 0 aliphatic rings. The predicted octanol–water partition coefficient (Wildman–Crippen LogP) is 3.90. The normalized spacial score (nSPS) is 10.7. The van der Waals surface area contributed by atoms with Crippen LogP contribution in [0.2, 0.25) is 5.02 Å². The van der Waals surface area contributed by atoms with E-state index in [1.165, 1.54) is 12.1 Å². The van der Waals surface area contributed by atoms with Gasteiger partial charge in [-0.1, -0.05) is 11.6 Å². The van der Waals surface area contributed by atoms with Crippen molar-refractivity contribution in [2.45, 2.75) is 13.5 Å². The number of halogens is 3. The summed E-state index contributed by atoms with van der Waals surface area (Å²) in [6, 6.07) is 2.63. The number of aromatic nitrogens is 2. The lowest BCUT2D eigenvalue weighted by Crippen LogP contribution is -2.04. The highest BCUT2D eigenvalue weighted by atomic mass is 79.9. The van der Waals surface area contributed by atoms with E-state index in [-0.39, 0.29) is 5.82 Å². The van der Waals surface area contributed by atoms with Gasteiger partial charge in [-0.25, -0.2) is 9.07 Å². The second kappa shape index (κ2) is 6.01. The summed E-state index contributed by atoms with van der Waals surface area (Å²) in [6.07, 6.45) is 0. The van der Waals surface area contributed by atoms with Gasteiger partial charge in [0, 0.05) is 18.1 Å². The molecule has 0 saturated heterocycles. The third-order valence-corrected chi connectivity index (χ3v) is 3.85. The Bertz CT molecular complexity index is 622. The molecule has 108 valence electrons. The van der Waals surface area contributed by atoms with Crippen LogP contribution in [0.15, 0.2) is 16.6 Å². The van der Waals surface area contributed by atoms with Gasteiger partial charge < -0.3 is 10.1 Å². The van der Waals surface area contributed by atoms with Crippen LogP contribution in [0.25, 0.3) is 0 Å². The Hall–Kier alpha value is -1.27. The van der Waals surface area contributed by atoms with Crippen molar-refractivity contribution in [3.63, 3.8) is 0 Å². The Morgan fingerprint density at radius 1 is 1.50 bits per heavy atom. The van der Waals surface area contributed by atoms with Crippen molar-refractivity contribution in [1.29, 1.82) is 0 Å². The van der Waals surface area contributed by atoms with E-state index in [1.54, 1.807) is 11.8 Å². The molecule has 0 radical (unpaired) electrons. The van der Waals surface area contributed by atoms with Crippen LogP contribution in [0.3, 0.4) is 0 Å². The number of aryl methyl sites for hydroxylation is 2. The molecule has 1 heterocycles. The van der Waals surface area contributed by atoms with Gasteiger partial charge in [0.25, 0.3) is 0 Å². The molecule has 0 saturated carbocycles. The maximum Gasteiger partial charge on any atom is 0.216 e. The number of ether oxygens (including phenoxy) is 1. The zero-order valence-electron chi connectivity index (χ0n) is 11.3. The monoisotopic (exact) mass is 361 g/mol. The first-order valence-electron chi connectivity index (χ1n) is 5.89. The molecule has 0 spiro atoms. The van der Waals surface area contributed by atoms with E-state index in [0.29, 0.717) is 27.6 Å². The summed E-state index contributed by atoms with van der Waals surface area (Å²) in [5.41, 5.74) is 2.44. The Labute approximate surface area is 130 Å². The summed E-state index contributed by atoms with van der Waals surface area (Å²) in [7, 11) is 3.41. The molecule has 0 amide bonds. The van der Waals surface area contributed by atoms with Crippen molar-refractivity contribution >= 4 is 33.2 Å². The average Bonchev–Trinajstić information content (AvgIpc) is 2.62. The van der Waals surface area contributed by atoms with Gasteiger partial charge in [0.2, 0.25) is 5.88 Å². The van der Waals surface area contributed by atoms with Gasteiger partial charge in [-0.3, -0.25) is 0 Å². The van der Waals surface area contributed by atoms with Crippen molar-refractivity contribution in [2.24, 2.45) is 7.05 Å². The smallest absolute Gasteiger partial charge is 0.216 e. The zero-order valence-corrected chi connectivity index (χ0v) is 13.6. The summed E-state index contributed by atoms with van der Waals surface area (Å²) in [6.45, 7) is 2.38. The van der Waals surface area contributed by atoms with Gasteiger partial charge in [0.15, 0.2) is 0 Å². The molecule has 0 unspecified atom stereocenters. The first-order chi connectivity index (χ1) is 9.43. The number of hydrogen-bond donors (Lipinski definition) is 1. The second-order valence-corrected chi connectivity index (χ2v) is 5.56. The maximum atomic E-state index is 13.2. The van der Waals surface area contributed by atoms with Crippen molar-refractivity contribution < 1.29 is 9.13 Å². The molecule has 0 aliphatic heterocycles. The summed E-state index contributed by atoms with van der Waals surface area (Å²) in [5.74, 6) is 0.298. The van der Waals surface area contributed by atoms with Crippen LogP contribution in [0.1, 0.15) is 11.3 Å². The standard InChI is InChI=1S/C13H14BrClFN3O/c1-7-9(13(20-3)19(2)18-7)6-17-12-10(14)4-8(16)5-11(12)15/h4-5,17H,6H2,1-3H3. The van der Waals surface area contributed by atoms with Gasteiger partial charge in [0.1, 0.15) is 5.82 Å². The van der Waals surface area contributed by atoms with E-state index in [4.69, 9.17) is 16.3 Å². The van der Waals surface area contributed by atoms with Crippen LogP contribution in [0.5, 0.6) is 5.88 Å². The van der Waals surface area contributed by atoms with Crippen LogP contribution in [-0.4, -0.2) is 16.9 Å². The molecule has 2 rings (SSSR count). The molecular weight excluding hydrogens is 349 g/mol. The van der Waals surface area contributed by atoms with Gasteiger partial charge in [-0.15, -0.1) is 0 Å². The van der Waals surface area contributed by atoms with Gasteiger partial charge in [-0.2, -0.15) is 5.10 Å². The third-order valence-electron chi connectivity index (χ3n) is 2.93. The van der Waals surface area contributed by atoms with E-state index in [0.717, 1.165) is 11.3 Å². The lowest BCUT2D eigenvalue weighted by atomic mass is 10.2. The molecule has 4 nitrogen and oxygen atoms in total. The van der Waals surface area contributed by atoms with E-state index < -0.39 is 0 Å². The summed E-state index contributed by atoms with van der Waals surface area (Å²) in [5, 5.41) is 7.79. The largest absolute Gasteiger partial charge is 0.481 e. The van der Waals surface area contributed by atoms with Crippen LogP contribution in [0, 0.1) is 12.7 Å². The Morgan fingerprint density at radius 2 is 2.20 bits per heavy atom. The van der Waals surface area contributed by atoms with E-state index in [9.17, 15) is 4.39 Å². The highest BCUT2D eigenvalue weighted by Crippen LogP contribution is 2.33. The number of rotatable bonds is 4. The van der Waals surface area contributed by atoms with Crippen LogP contribution in [0.4, 0.5) is 10.1 Å². The molecule has 1 aromatic heterocycles. The minimum atomic E-state index is -0.387. The first kappa shape index (κ1) is 15.1.